The van der Waals surface area contributed by atoms with Crippen LogP contribution in [0.3, 0.4) is 0 Å². The molecule has 8 nitrogen and oxygen atoms in total. The highest BCUT2D eigenvalue weighted by molar-refractivity contribution is 7.94. The van der Waals surface area contributed by atoms with E-state index >= 15 is 0 Å². The fourth-order valence-corrected chi connectivity index (χ4v) is 5.47. The molecule has 1 aliphatic rings. The topological polar surface area (TPSA) is 125 Å². The lowest BCUT2D eigenvalue weighted by Gasteiger charge is -2.32. The lowest BCUT2D eigenvalue weighted by molar-refractivity contribution is -0.130. The van der Waals surface area contributed by atoms with Crippen molar-refractivity contribution in [1.82, 2.24) is 5.32 Å². The van der Waals surface area contributed by atoms with Crippen LogP contribution in [-0.2, 0) is 19.6 Å². The number of ether oxygens (including phenoxy) is 1. The van der Waals surface area contributed by atoms with Gasteiger partial charge in [-0.2, -0.15) is 5.26 Å². The lowest BCUT2D eigenvalue weighted by Crippen LogP contribution is -2.52. The monoisotopic (exact) mass is 461 g/mol. The van der Waals surface area contributed by atoms with Gasteiger partial charge in [-0.05, 0) is 43.3 Å². The number of thiophene rings is 1. The highest BCUT2D eigenvalue weighted by Gasteiger charge is 2.35. The van der Waals surface area contributed by atoms with Crippen LogP contribution in [0.2, 0.25) is 0 Å². The highest BCUT2D eigenvalue weighted by atomic mass is 32.2. The normalized spacial score (nSPS) is 16.5. The number of anilines is 1. The van der Waals surface area contributed by atoms with Gasteiger partial charge in [0.1, 0.15) is 9.75 Å². The number of nitrogens with one attached hydrogen (secondary N) is 2. The van der Waals surface area contributed by atoms with E-state index in [1.165, 1.54) is 25.1 Å². The number of hydrogen-bond acceptors (Lipinski definition) is 7. The Hall–Kier alpha value is -2.90. The molecular formula is C21H23N3O5S2. The van der Waals surface area contributed by atoms with Crippen molar-refractivity contribution in [2.45, 2.75) is 54.9 Å². The number of benzene rings is 1. The zero-order valence-corrected chi connectivity index (χ0v) is 18.6. The van der Waals surface area contributed by atoms with Crippen molar-refractivity contribution in [1.29, 1.82) is 5.26 Å². The molecule has 3 rings (SSSR count). The number of para-hydroxylation sites is 1. The molecule has 1 aliphatic carbocycles. The van der Waals surface area contributed by atoms with Gasteiger partial charge in [0.25, 0.3) is 15.9 Å². The van der Waals surface area contributed by atoms with Crippen molar-refractivity contribution in [2.24, 2.45) is 0 Å². The summed E-state index contributed by atoms with van der Waals surface area (Å²) >= 11 is 1.05. The summed E-state index contributed by atoms with van der Waals surface area (Å²) in [5.74, 6) is -1.41. The first kappa shape index (κ1) is 22.8. The van der Waals surface area contributed by atoms with E-state index in [0.29, 0.717) is 12.8 Å². The Labute approximate surface area is 185 Å². The smallest absolute Gasteiger partial charge is 0.341 e. The Kier molecular flexibility index (Phi) is 6.97. The summed E-state index contributed by atoms with van der Waals surface area (Å²) < 4.78 is 32.8. The van der Waals surface area contributed by atoms with Crippen molar-refractivity contribution in [3.63, 3.8) is 0 Å². The second-order valence-electron chi connectivity index (χ2n) is 7.37. The summed E-state index contributed by atoms with van der Waals surface area (Å²) in [6.45, 7) is 1.42. The third-order valence-electron chi connectivity index (χ3n) is 5.09. The van der Waals surface area contributed by atoms with Gasteiger partial charge in [-0.1, -0.05) is 37.5 Å². The van der Waals surface area contributed by atoms with Crippen molar-refractivity contribution in [2.75, 3.05) is 4.72 Å². The summed E-state index contributed by atoms with van der Waals surface area (Å²) in [6.07, 6.45) is 2.68. The Bertz CT molecular complexity index is 1080. The fourth-order valence-electron chi connectivity index (χ4n) is 3.40. The van der Waals surface area contributed by atoms with Crippen LogP contribution in [0.15, 0.2) is 46.0 Å². The van der Waals surface area contributed by atoms with E-state index in [-0.39, 0.29) is 15.5 Å². The molecule has 0 saturated heterocycles. The predicted molar refractivity (Wildman–Crippen MR) is 116 cm³/mol. The fraction of sp³-hybridized carbons (Fsp3) is 0.381. The largest absolute Gasteiger partial charge is 0.449 e. The minimum absolute atomic E-state index is 0.0186. The van der Waals surface area contributed by atoms with Gasteiger partial charge < -0.3 is 10.1 Å². The molecule has 1 heterocycles. The number of nitrogens with zero attached hydrogens (tertiary/aromatic N) is 1. The first-order valence-corrected chi connectivity index (χ1v) is 12.2. The van der Waals surface area contributed by atoms with Crippen molar-refractivity contribution < 1.29 is 22.7 Å². The molecule has 2 aromatic rings. The average molecular weight is 462 g/mol. The van der Waals surface area contributed by atoms with Gasteiger partial charge in [-0.15, -0.1) is 11.3 Å². The molecule has 1 amide bonds. The molecule has 1 saturated carbocycles. The van der Waals surface area contributed by atoms with Crippen LogP contribution >= 0.6 is 11.3 Å². The maximum atomic E-state index is 12.7. The molecule has 10 heteroatoms. The number of amides is 1. The number of esters is 1. The summed E-state index contributed by atoms with van der Waals surface area (Å²) in [5, 5.41) is 13.9. The zero-order chi connectivity index (χ0) is 22.5. The lowest BCUT2D eigenvalue weighted by atomic mass is 9.83. The Morgan fingerprint density at radius 3 is 2.52 bits per heavy atom. The molecule has 1 aromatic heterocycles. The third kappa shape index (κ3) is 5.42. The predicted octanol–water partition coefficient (Wildman–Crippen LogP) is 3.44. The molecule has 1 unspecified atom stereocenters. The molecule has 1 fully saturated rings. The van der Waals surface area contributed by atoms with E-state index in [4.69, 9.17) is 4.74 Å². The molecule has 1 aromatic carbocycles. The molecule has 31 heavy (non-hydrogen) atoms. The van der Waals surface area contributed by atoms with E-state index in [1.54, 1.807) is 23.6 Å². The molecule has 0 bridgehead atoms. The molecule has 0 aliphatic heterocycles. The summed E-state index contributed by atoms with van der Waals surface area (Å²) in [4.78, 5) is 25.3. The Balaban J connectivity index is 1.70. The van der Waals surface area contributed by atoms with E-state index in [2.05, 4.69) is 16.1 Å². The molecule has 1 atom stereocenters. The van der Waals surface area contributed by atoms with Gasteiger partial charge in [0.2, 0.25) is 0 Å². The van der Waals surface area contributed by atoms with Crippen molar-refractivity contribution in [3.8, 4) is 6.07 Å². The zero-order valence-electron chi connectivity index (χ0n) is 17.0. The van der Waals surface area contributed by atoms with E-state index in [1.807, 2.05) is 0 Å². The number of sulfonamides is 1. The number of hydrogen-bond donors (Lipinski definition) is 2. The molecular weight excluding hydrogens is 438 g/mol. The van der Waals surface area contributed by atoms with Crippen LogP contribution in [0.4, 0.5) is 5.69 Å². The maximum absolute atomic E-state index is 12.7. The van der Waals surface area contributed by atoms with Crippen LogP contribution in [0.25, 0.3) is 0 Å². The molecule has 2 N–H and O–H groups in total. The van der Waals surface area contributed by atoms with E-state index < -0.39 is 33.5 Å². The van der Waals surface area contributed by atoms with Crippen molar-refractivity contribution >= 4 is 38.9 Å². The first-order chi connectivity index (χ1) is 14.8. The van der Waals surface area contributed by atoms with E-state index in [9.17, 15) is 23.3 Å². The minimum atomic E-state index is -3.86. The first-order valence-electron chi connectivity index (χ1n) is 9.86. The minimum Gasteiger partial charge on any atom is -0.449 e. The standard InChI is InChI=1S/C21H23N3O5S2/c1-15(19(25)23-21(14-22)11-5-2-6-12-21)29-20(26)16-8-3-4-9-17(16)24-31(27,28)18-10-7-13-30-18/h3-4,7-10,13,15,24H,2,5-6,11-12H2,1H3,(H,23,25). The van der Waals surface area contributed by atoms with Crippen LogP contribution < -0.4 is 10.0 Å². The van der Waals surface area contributed by atoms with Crippen LogP contribution in [0.1, 0.15) is 49.4 Å². The third-order valence-corrected chi connectivity index (χ3v) is 7.85. The van der Waals surface area contributed by atoms with Gasteiger partial charge in [0.05, 0.1) is 17.3 Å². The SMILES string of the molecule is CC(OC(=O)c1ccccc1NS(=O)(=O)c1cccs1)C(=O)NC1(C#N)CCCCC1. The van der Waals surface area contributed by atoms with Crippen LogP contribution in [0, 0.1) is 11.3 Å². The number of nitriles is 1. The second-order valence-corrected chi connectivity index (χ2v) is 10.2. The molecule has 0 radical (unpaired) electrons. The van der Waals surface area contributed by atoms with Gasteiger partial charge in [-0.25, -0.2) is 13.2 Å². The quantitative estimate of drug-likeness (QED) is 0.609. The number of carbonyl (C=O) groups excluding carboxylic acids is 2. The molecule has 164 valence electrons. The van der Waals surface area contributed by atoms with Gasteiger partial charge >= 0.3 is 5.97 Å². The number of carbonyl (C=O) groups is 2. The Morgan fingerprint density at radius 1 is 1.16 bits per heavy atom. The van der Waals surface area contributed by atoms with Crippen LogP contribution in [-0.4, -0.2) is 31.9 Å². The average Bonchev–Trinajstić information content (AvgIpc) is 3.30. The van der Waals surface area contributed by atoms with Gasteiger partial charge in [0, 0.05) is 0 Å². The van der Waals surface area contributed by atoms with Gasteiger partial charge in [-0.3, -0.25) is 9.52 Å². The number of rotatable bonds is 7. The highest BCUT2D eigenvalue weighted by Crippen LogP contribution is 2.28. The van der Waals surface area contributed by atoms with E-state index in [0.717, 1.165) is 30.6 Å². The van der Waals surface area contributed by atoms with Crippen LogP contribution in [0.5, 0.6) is 0 Å². The van der Waals surface area contributed by atoms with Gasteiger partial charge in [0.15, 0.2) is 6.10 Å². The summed E-state index contributed by atoms with van der Waals surface area (Å²) in [7, 11) is -3.86. The Morgan fingerprint density at radius 2 is 1.87 bits per heavy atom. The van der Waals surface area contributed by atoms with Crippen molar-refractivity contribution in [3.05, 3.63) is 47.3 Å². The summed E-state index contributed by atoms with van der Waals surface area (Å²) in [5.41, 5.74) is -0.909. The second kappa shape index (κ2) is 9.49. The summed E-state index contributed by atoms with van der Waals surface area (Å²) in [6, 6.07) is 11.3. The maximum Gasteiger partial charge on any atom is 0.341 e. The molecule has 0 spiro atoms.